The van der Waals surface area contributed by atoms with Gasteiger partial charge in [-0.3, -0.25) is 4.79 Å². The van der Waals surface area contributed by atoms with E-state index < -0.39 is 0 Å². The molecule has 1 N–H and O–H groups in total. The second-order valence-electron chi connectivity index (χ2n) is 5.98. The monoisotopic (exact) mass is 375 g/mol. The molecule has 4 heteroatoms. The summed E-state index contributed by atoms with van der Waals surface area (Å²) < 4.78 is 6.56. The van der Waals surface area contributed by atoms with Gasteiger partial charge in [0.05, 0.1) is 0 Å². The molecule has 0 aromatic heterocycles. The minimum absolute atomic E-state index is 0.00400. The van der Waals surface area contributed by atoms with Crippen LogP contribution in [-0.4, -0.2) is 12.5 Å². The van der Waals surface area contributed by atoms with Crippen LogP contribution in [0, 0.1) is 13.8 Å². The summed E-state index contributed by atoms with van der Waals surface area (Å²) in [4.78, 5) is 12.1. The molecule has 122 valence electrons. The number of aryl methyl sites for hydroxylation is 2. The number of halogens is 1. The van der Waals surface area contributed by atoms with E-state index in [0.29, 0.717) is 11.7 Å². The van der Waals surface area contributed by atoms with Crippen LogP contribution in [0.5, 0.6) is 5.75 Å². The van der Waals surface area contributed by atoms with Crippen LogP contribution < -0.4 is 10.1 Å². The number of amides is 1. The Morgan fingerprint density at radius 3 is 2.22 bits per heavy atom. The molecule has 0 atom stereocenters. The van der Waals surface area contributed by atoms with Gasteiger partial charge in [0, 0.05) is 10.2 Å². The van der Waals surface area contributed by atoms with Crippen molar-refractivity contribution in [3.63, 3.8) is 0 Å². The predicted molar refractivity (Wildman–Crippen MR) is 98.3 cm³/mol. The third kappa shape index (κ3) is 4.83. The number of carbonyl (C=O) groups excluding carboxylic acids is 1. The lowest BCUT2D eigenvalue weighted by molar-refractivity contribution is -0.118. The number of carbonyl (C=O) groups is 1. The molecule has 0 aliphatic heterocycles. The first-order chi connectivity index (χ1) is 10.9. The second kappa shape index (κ2) is 7.64. The normalized spacial score (nSPS) is 10.7. The number of hydrogen-bond acceptors (Lipinski definition) is 2. The average Bonchev–Trinajstić information content (AvgIpc) is 2.49. The summed E-state index contributed by atoms with van der Waals surface area (Å²) in [6.07, 6.45) is 0. The van der Waals surface area contributed by atoms with Gasteiger partial charge in [-0.05, 0) is 60.7 Å². The number of nitrogens with one attached hydrogen (secondary N) is 1. The van der Waals surface area contributed by atoms with E-state index in [1.54, 1.807) is 0 Å². The van der Waals surface area contributed by atoms with Gasteiger partial charge in [0.1, 0.15) is 5.75 Å². The van der Waals surface area contributed by atoms with Crippen LogP contribution in [0.3, 0.4) is 0 Å². The quantitative estimate of drug-likeness (QED) is 0.778. The first-order valence-electron chi connectivity index (χ1n) is 7.66. The maximum atomic E-state index is 12.1. The summed E-state index contributed by atoms with van der Waals surface area (Å²) in [5.41, 5.74) is 4.14. The standard InChI is InChI=1S/C19H22BrNO2/c1-12(2)15-5-7-17(8-6-15)23-11-18(22)21-19-13(3)9-16(20)10-14(19)4/h5-10,12H,11H2,1-4H3,(H,21,22). The van der Waals surface area contributed by atoms with E-state index >= 15 is 0 Å². The zero-order chi connectivity index (χ0) is 17.0. The SMILES string of the molecule is Cc1cc(Br)cc(C)c1NC(=O)COc1ccc(C(C)C)cc1. The highest BCUT2D eigenvalue weighted by molar-refractivity contribution is 9.10. The maximum Gasteiger partial charge on any atom is 0.262 e. The second-order valence-corrected chi connectivity index (χ2v) is 6.89. The van der Waals surface area contributed by atoms with Gasteiger partial charge >= 0.3 is 0 Å². The molecule has 0 unspecified atom stereocenters. The third-order valence-corrected chi connectivity index (χ3v) is 4.14. The number of anilines is 1. The van der Waals surface area contributed by atoms with Crippen LogP contribution in [-0.2, 0) is 4.79 Å². The Bertz CT molecular complexity index is 670. The summed E-state index contributed by atoms with van der Waals surface area (Å²) in [7, 11) is 0. The lowest BCUT2D eigenvalue weighted by atomic mass is 10.0. The molecule has 3 nitrogen and oxygen atoms in total. The average molecular weight is 376 g/mol. The molecule has 1 amide bonds. The Morgan fingerprint density at radius 2 is 1.70 bits per heavy atom. The predicted octanol–water partition coefficient (Wildman–Crippen LogP) is 5.21. The van der Waals surface area contributed by atoms with E-state index in [1.165, 1.54) is 5.56 Å². The lowest BCUT2D eigenvalue weighted by Crippen LogP contribution is -2.21. The van der Waals surface area contributed by atoms with Crippen LogP contribution in [0.15, 0.2) is 40.9 Å². The molecule has 2 aromatic carbocycles. The fourth-order valence-electron chi connectivity index (χ4n) is 2.38. The van der Waals surface area contributed by atoms with Gasteiger partial charge in [-0.1, -0.05) is 41.9 Å². The van der Waals surface area contributed by atoms with Crippen molar-refractivity contribution in [2.75, 3.05) is 11.9 Å². The molecule has 23 heavy (non-hydrogen) atoms. The molecule has 0 aliphatic rings. The van der Waals surface area contributed by atoms with E-state index in [9.17, 15) is 4.79 Å². The highest BCUT2D eigenvalue weighted by atomic mass is 79.9. The van der Waals surface area contributed by atoms with E-state index in [1.807, 2.05) is 50.2 Å². The van der Waals surface area contributed by atoms with Crippen LogP contribution in [0.1, 0.15) is 36.5 Å². The van der Waals surface area contributed by atoms with Gasteiger partial charge in [-0.2, -0.15) is 0 Å². The largest absolute Gasteiger partial charge is 0.484 e. The van der Waals surface area contributed by atoms with Crippen molar-refractivity contribution in [1.82, 2.24) is 0 Å². The summed E-state index contributed by atoms with van der Waals surface area (Å²) in [5, 5.41) is 2.92. The molecule has 0 radical (unpaired) electrons. The molecule has 0 heterocycles. The van der Waals surface area contributed by atoms with E-state index in [0.717, 1.165) is 21.3 Å². The van der Waals surface area contributed by atoms with Crippen molar-refractivity contribution in [2.45, 2.75) is 33.6 Å². The molecule has 0 spiro atoms. The van der Waals surface area contributed by atoms with Gasteiger partial charge in [0.2, 0.25) is 0 Å². The highest BCUT2D eigenvalue weighted by Gasteiger charge is 2.09. The Balaban J connectivity index is 1.95. The van der Waals surface area contributed by atoms with E-state index in [-0.39, 0.29) is 12.5 Å². The van der Waals surface area contributed by atoms with Crippen molar-refractivity contribution in [1.29, 1.82) is 0 Å². The summed E-state index contributed by atoms with van der Waals surface area (Å²) >= 11 is 3.45. The van der Waals surface area contributed by atoms with Gasteiger partial charge in [-0.25, -0.2) is 0 Å². The van der Waals surface area contributed by atoms with Crippen LogP contribution in [0.25, 0.3) is 0 Å². The topological polar surface area (TPSA) is 38.3 Å². The van der Waals surface area contributed by atoms with Crippen LogP contribution in [0.2, 0.25) is 0 Å². The summed E-state index contributed by atoms with van der Waals surface area (Å²) in [6.45, 7) is 8.23. The number of rotatable bonds is 5. The Kier molecular flexibility index (Phi) is 5.83. The molecule has 2 rings (SSSR count). The zero-order valence-corrected chi connectivity index (χ0v) is 15.5. The summed E-state index contributed by atoms with van der Waals surface area (Å²) in [6, 6.07) is 11.8. The van der Waals surface area contributed by atoms with Crippen molar-refractivity contribution in [3.05, 3.63) is 57.6 Å². The third-order valence-electron chi connectivity index (χ3n) is 3.68. The highest BCUT2D eigenvalue weighted by Crippen LogP contribution is 2.25. The van der Waals surface area contributed by atoms with Crippen molar-refractivity contribution >= 4 is 27.5 Å². The van der Waals surface area contributed by atoms with Gasteiger partial charge in [0.25, 0.3) is 5.91 Å². The fourth-order valence-corrected chi connectivity index (χ4v) is 3.07. The van der Waals surface area contributed by atoms with Crippen molar-refractivity contribution in [3.8, 4) is 5.75 Å². The molecule has 2 aromatic rings. The molecule has 0 saturated heterocycles. The van der Waals surface area contributed by atoms with E-state index in [2.05, 4.69) is 35.1 Å². The van der Waals surface area contributed by atoms with Gasteiger partial charge in [-0.15, -0.1) is 0 Å². The minimum atomic E-state index is -0.161. The number of benzene rings is 2. The van der Waals surface area contributed by atoms with Crippen LogP contribution in [0.4, 0.5) is 5.69 Å². The summed E-state index contributed by atoms with van der Waals surface area (Å²) in [5.74, 6) is 1.02. The number of hydrogen-bond donors (Lipinski definition) is 1. The number of ether oxygens (including phenoxy) is 1. The Hall–Kier alpha value is -1.81. The molecule has 0 bridgehead atoms. The Morgan fingerprint density at radius 1 is 1.13 bits per heavy atom. The lowest BCUT2D eigenvalue weighted by Gasteiger charge is -2.13. The van der Waals surface area contributed by atoms with E-state index in [4.69, 9.17) is 4.74 Å². The van der Waals surface area contributed by atoms with Crippen molar-refractivity contribution in [2.24, 2.45) is 0 Å². The first kappa shape index (κ1) is 17.5. The molecule has 0 fully saturated rings. The molecule has 0 aliphatic carbocycles. The van der Waals surface area contributed by atoms with Gasteiger partial charge < -0.3 is 10.1 Å². The first-order valence-corrected chi connectivity index (χ1v) is 8.45. The molecular weight excluding hydrogens is 354 g/mol. The Labute approximate surface area is 146 Å². The fraction of sp³-hybridized carbons (Fsp3) is 0.316. The molecular formula is C19H22BrNO2. The van der Waals surface area contributed by atoms with Crippen LogP contribution >= 0.6 is 15.9 Å². The maximum absolute atomic E-state index is 12.1. The zero-order valence-electron chi connectivity index (χ0n) is 13.9. The smallest absolute Gasteiger partial charge is 0.262 e. The van der Waals surface area contributed by atoms with Gasteiger partial charge in [0.15, 0.2) is 6.61 Å². The van der Waals surface area contributed by atoms with Crippen molar-refractivity contribution < 1.29 is 9.53 Å². The minimum Gasteiger partial charge on any atom is -0.484 e. The molecule has 0 saturated carbocycles.